The minimum atomic E-state index is -0.815. The van der Waals surface area contributed by atoms with Crippen molar-refractivity contribution in [2.45, 2.75) is 12.8 Å². The Bertz CT molecular complexity index is 938. The Kier molecular flexibility index (Phi) is 3.74. The van der Waals surface area contributed by atoms with Crippen LogP contribution in [0.25, 0.3) is 11.0 Å². The lowest BCUT2D eigenvalue weighted by atomic mass is 9.98. The van der Waals surface area contributed by atoms with E-state index in [1.807, 2.05) is 7.05 Å². The standard InChI is InChI=1S/C17H18F2N6/c1-24-16-12(8-21-24)15(20)22-17(23-16)25-5-4-11(9-25)6-10-2-3-13(18)14(19)7-10/h2-3,7-8,11H,4-6,9H2,1H3,(H2,20,22,23). The fraction of sp³-hybridized carbons (Fsp3) is 0.353. The summed E-state index contributed by atoms with van der Waals surface area (Å²) >= 11 is 0. The van der Waals surface area contributed by atoms with E-state index in [9.17, 15) is 8.78 Å². The maximum Gasteiger partial charge on any atom is 0.229 e. The van der Waals surface area contributed by atoms with Crippen molar-refractivity contribution in [1.82, 2.24) is 19.7 Å². The summed E-state index contributed by atoms with van der Waals surface area (Å²) in [6, 6.07) is 4.09. The number of rotatable bonds is 3. The molecule has 8 heteroatoms. The van der Waals surface area contributed by atoms with E-state index in [-0.39, 0.29) is 0 Å². The molecule has 1 aromatic carbocycles. The molecule has 1 aliphatic rings. The Hall–Kier alpha value is -2.77. The van der Waals surface area contributed by atoms with Crippen molar-refractivity contribution >= 4 is 22.8 Å². The zero-order chi connectivity index (χ0) is 17.6. The Morgan fingerprint density at radius 2 is 2.08 bits per heavy atom. The third-order valence-corrected chi connectivity index (χ3v) is 4.69. The molecule has 1 saturated heterocycles. The van der Waals surface area contributed by atoms with E-state index in [1.54, 1.807) is 16.9 Å². The van der Waals surface area contributed by atoms with E-state index in [0.717, 1.165) is 30.5 Å². The van der Waals surface area contributed by atoms with E-state index < -0.39 is 11.6 Å². The molecule has 0 amide bonds. The number of aromatic nitrogens is 4. The molecule has 4 rings (SSSR count). The summed E-state index contributed by atoms with van der Waals surface area (Å²) in [4.78, 5) is 11.0. The Labute approximate surface area is 143 Å². The molecule has 0 bridgehead atoms. The maximum atomic E-state index is 13.4. The molecule has 25 heavy (non-hydrogen) atoms. The number of nitrogen functional groups attached to an aromatic ring is 1. The van der Waals surface area contributed by atoms with E-state index in [0.29, 0.717) is 29.8 Å². The van der Waals surface area contributed by atoms with Gasteiger partial charge in [0.25, 0.3) is 0 Å². The van der Waals surface area contributed by atoms with Crippen LogP contribution < -0.4 is 10.6 Å². The molecule has 1 atom stereocenters. The summed E-state index contributed by atoms with van der Waals surface area (Å²) in [7, 11) is 1.81. The Morgan fingerprint density at radius 1 is 1.24 bits per heavy atom. The number of hydrogen-bond donors (Lipinski definition) is 1. The first-order valence-corrected chi connectivity index (χ1v) is 8.15. The van der Waals surface area contributed by atoms with Crippen LogP contribution in [-0.2, 0) is 13.5 Å². The molecule has 0 radical (unpaired) electrons. The maximum absolute atomic E-state index is 13.4. The van der Waals surface area contributed by atoms with Crippen LogP contribution in [0.2, 0.25) is 0 Å². The predicted molar refractivity (Wildman–Crippen MR) is 91.1 cm³/mol. The van der Waals surface area contributed by atoms with Crippen LogP contribution in [0.4, 0.5) is 20.5 Å². The Morgan fingerprint density at radius 3 is 2.88 bits per heavy atom. The van der Waals surface area contributed by atoms with Gasteiger partial charge in [-0.05, 0) is 36.5 Å². The number of halogens is 2. The minimum absolute atomic E-state index is 0.330. The molecule has 0 spiro atoms. The smallest absolute Gasteiger partial charge is 0.229 e. The molecular weight excluding hydrogens is 326 g/mol. The van der Waals surface area contributed by atoms with Gasteiger partial charge in [-0.3, -0.25) is 4.68 Å². The van der Waals surface area contributed by atoms with Gasteiger partial charge in [-0.15, -0.1) is 0 Å². The highest BCUT2D eigenvalue weighted by molar-refractivity contribution is 5.86. The van der Waals surface area contributed by atoms with Gasteiger partial charge in [0.2, 0.25) is 5.95 Å². The number of fused-ring (bicyclic) bond motifs is 1. The summed E-state index contributed by atoms with van der Waals surface area (Å²) in [5, 5.41) is 4.90. The molecule has 2 N–H and O–H groups in total. The van der Waals surface area contributed by atoms with E-state index in [4.69, 9.17) is 5.73 Å². The van der Waals surface area contributed by atoms with Gasteiger partial charge in [-0.1, -0.05) is 6.07 Å². The number of nitrogens with zero attached hydrogens (tertiary/aromatic N) is 5. The monoisotopic (exact) mass is 344 g/mol. The number of hydrogen-bond acceptors (Lipinski definition) is 5. The Balaban J connectivity index is 1.52. The molecule has 6 nitrogen and oxygen atoms in total. The molecule has 1 fully saturated rings. The third-order valence-electron chi connectivity index (χ3n) is 4.69. The molecule has 3 heterocycles. The molecule has 130 valence electrons. The second-order valence-electron chi connectivity index (χ2n) is 6.47. The summed E-state index contributed by atoms with van der Waals surface area (Å²) in [6.07, 6.45) is 3.28. The van der Waals surface area contributed by atoms with Crippen molar-refractivity contribution in [2.24, 2.45) is 13.0 Å². The number of aryl methyl sites for hydroxylation is 1. The van der Waals surface area contributed by atoms with Crippen molar-refractivity contribution < 1.29 is 8.78 Å². The highest BCUT2D eigenvalue weighted by Gasteiger charge is 2.26. The van der Waals surface area contributed by atoms with Gasteiger partial charge in [-0.25, -0.2) is 8.78 Å². The van der Waals surface area contributed by atoms with Gasteiger partial charge in [0, 0.05) is 20.1 Å². The average Bonchev–Trinajstić information content (AvgIpc) is 3.19. The number of anilines is 2. The van der Waals surface area contributed by atoms with Crippen molar-refractivity contribution in [3.8, 4) is 0 Å². The SMILES string of the molecule is Cn1ncc2c(N)nc(N3CCC(Cc4ccc(F)c(F)c4)C3)nc21. The third kappa shape index (κ3) is 2.88. The van der Waals surface area contributed by atoms with Crippen molar-refractivity contribution in [1.29, 1.82) is 0 Å². The van der Waals surface area contributed by atoms with Crippen LogP contribution in [0, 0.1) is 17.6 Å². The zero-order valence-electron chi connectivity index (χ0n) is 13.8. The second kappa shape index (κ2) is 5.94. The minimum Gasteiger partial charge on any atom is -0.383 e. The van der Waals surface area contributed by atoms with Crippen LogP contribution in [0.1, 0.15) is 12.0 Å². The van der Waals surface area contributed by atoms with Crippen LogP contribution in [-0.4, -0.2) is 32.8 Å². The van der Waals surface area contributed by atoms with E-state index in [2.05, 4.69) is 20.0 Å². The summed E-state index contributed by atoms with van der Waals surface area (Å²) in [5.74, 6) is -0.286. The van der Waals surface area contributed by atoms with Crippen LogP contribution in [0.15, 0.2) is 24.4 Å². The van der Waals surface area contributed by atoms with Crippen LogP contribution >= 0.6 is 0 Å². The highest BCUT2D eigenvalue weighted by Crippen LogP contribution is 2.27. The van der Waals surface area contributed by atoms with Gasteiger partial charge < -0.3 is 10.6 Å². The second-order valence-corrected chi connectivity index (χ2v) is 6.47. The largest absolute Gasteiger partial charge is 0.383 e. The first kappa shape index (κ1) is 15.7. The van der Waals surface area contributed by atoms with Crippen LogP contribution in [0.3, 0.4) is 0 Å². The quantitative estimate of drug-likeness (QED) is 0.789. The molecule has 0 saturated carbocycles. The normalized spacial score (nSPS) is 17.6. The van der Waals surface area contributed by atoms with Crippen molar-refractivity contribution in [2.75, 3.05) is 23.7 Å². The van der Waals surface area contributed by atoms with Crippen molar-refractivity contribution in [3.05, 3.63) is 41.6 Å². The molecular formula is C17H18F2N6. The van der Waals surface area contributed by atoms with Gasteiger partial charge >= 0.3 is 0 Å². The molecule has 1 aliphatic heterocycles. The van der Waals surface area contributed by atoms with E-state index >= 15 is 0 Å². The van der Waals surface area contributed by atoms with Gasteiger partial charge in [0.1, 0.15) is 5.82 Å². The molecule has 0 aliphatic carbocycles. The van der Waals surface area contributed by atoms with Crippen molar-refractivity contribution in [3.63, 3.8) is 0 Å². The fourth-order valence-electron chi connectivity index (χ4n) is 3.35. The van der Waals surface area contributed by atoms with Gasteiger partial charge in [0.05, 0.1) is 11.6 Å². The van der Waals surface area contributed by atoms with Crippen LogP contribution in [0.5, 0.6) is 0 Å². The topological polar surface area (TPSA) is 72.9 Å². The summed E-state index contributed by atoms with van der Waals surface area (Å²) in [6.45, 7) is 1.55. The van der Waals surface area contributed by atoms with Gasteiger partial charge in [-0.2, -0.15) is 15.1 Å². The molecule has 1 unspecified atom stereocenters. The lowest BCUT2D eigenvalue weighted by Crippen LogP contribution is -2.23. The highest BCUT2D eigenvalue weighted by atomic mass is 19.2. The summed E-state index contributed by atoms with van der Waals surface area (Å²) in [5.41, 5.74) is 7.52. The zero-order valence-corrected chi connectivity index (χ0v) is 13.8. The first-order chi connectivity index (χ1) is 12.0. The first-order valence-electron chi connectivity index (χ1n) is 8.15. The summed E-state index contributed by atoms with van der Waals surface area (Å²) < 4.78 is 28.1. The number of nitrogens with two attached hydrogens (primary N) is 1. The number of benzene rings is 1. The fourth-order valence-corrected chi connectivity index (χ4v) is 3.35. The predicted octanol–water partition coefficient (Wildman–Crippen LogP) is 2.29. The lowest BCUT2D eigenvalue weighted by molar-refractivity contribution is 0.503. The average molecular weight is 344 g/mol. The molecule has 3 aromatic rings. The molecule has 2 aromatic heterocycles. The van der Waals surface area contributed by atoms with E-state index in [1.165, 1.54) is 12.1 Å². The lowest BCUT2D eigenvalue weighted by Gasteiger charge is -2.17. The van der Waals surface area contributed by atoms with Gasteiger partial charge in [0.15, 0.2) is 17.3 Å².